The Balaban J connectivity index is 1.64. The average Bonchev–Trinajstić information content (AvgIpc) is 2.67. The van der Waals surface area contributed by atoms with Gasteiger partial charge >= 0.3 is 0 Å². The van der Waals surface area contributed by atoms with E-state index in [1.165, 1.54) is 11.1 Å². The molecule has 0 atom stereocenters. The fraction of sp³-hybridized carbons (Fsp3) is 0.182. The smallest absolute Gasteiger partial charge is 0.120 e. The molecule has 0 heterocycles. The molecule has 26 heavy (non-hydrogen) atoms. The summed E-state index contributed by atoms with van der Waals surface area (Å²) in [4.78, 5) is 2.29. The highest BCUT2D eigenvalue weighted by Crippen LogP contribution is 2.33. The van der Waals surface area contributed by atoms with Crippen molar-refractivity contribution >= 4 is 46.0 Å². The number of rotatable bonds is 8. The van der Waals surface area contributed by atoms with Gasteiger partial charge in [0.25, 0.3) is 0 Å². The topological polar surface area (TPSA) is 9.23 Å². The summed E-state index contributed by atoms with van der Waals surface area (Å²) in [6, 6.07) is 24.8. The number of aryl methyl sites for hydroxylation is 1. The molecular weight excluding hydrogens is 475 g/mol. The summed E-state index contributed by atoms with van der Waals surface area (Å²) in [6.07, 6.45) is 2.20. The van der Waals surface area contributed by atoms with Gasteiger partial charge in [0.1, 0.15) is 12.4 Å². The Hall–Kier alpha value is -1.17. The van der Waals surface area contributed by atoms with Crippen LogP contribution >= 0.6 is 46.0 Å². The van der Waals surface area contributed by atoms with Crippen molar-refractivity contribution in [1.82, 2.24) is 0 Å². The SMILES string of the molecule is Clc1cc(Sc2cccc(OCc3ccccc3)c2)ccc1CCCI. The van der Waals surface area contributed by atoms with Gasteiger partial charge < -0.3 is 4.74 Å². The maximum atomic E-state index is 6.44. The van der Waals surface area contributed by atoms with Gasteiger partial charge in [0, 0.05) is 14.8 Å². The number of halogens is 2. The van der Waals surface area contributed by atoms with Gasteiger partial charge in [-0.2, -0.15) is 0 Å². The van der Waals surface area contributed by atoms with Crippen LogP contribution in [0.4, 0.5) is 0 Å². The molecule has 0 aliphatic heterocycles. The molecule has 0 aliphatic rings. The fourth-order valence-electron chi connectivity index (χ4n) is 2.56. The van der Waals surface area contributed by atoms with Gasteiger partial charge in [-0.3, -0.25) is 0 Å². The number of ether oxygens (including phenoxy) is 1. The number of benzene rings is 3. The van der Waals surface area contributed by atoms with E-state index < -0.39 is 0 Å². The van der Waals surface area contributed by atoms with Gasteiger partial charge in [-0.1, -0.05) is 88.4 Å². The first-order valence-electron chi connectivity index (χ1n) is 8.53. The van der Waals surface area contributed by atoms with Gasteiger partial charge in [0.15, 0.2) is 0 Å². The molecule has 1 nitrogen and oxygen atoms in total. The molecule has 0 aromatic heterocycles. The highest BCUT2D eigenvalue weighted by Gasteiger charge is 2.05. The molecule has 0 saturated heterocycles. The molecule has 0 saturated carbocycles. The summed E-state index contributed by atoms with van der Waals surface area (Å²) >= 11 is 10.5. The number of hydrogen-bond acceptors (Lipinski definition) is 2. The van der Waals surface area contributed by atoms with Crippen LogP contribution in [0.5, 0.6) is 5.75 Å². The van der Waals surface area contributed by atoms with Crippen molar-refractivity contribution < 1.29 is 4.74 Å². The van der Waals surface area contributed by atoms with Gasteiger partial charge in [0.2, 0.25) is 0 Å². The van der Waals surface area contributed by atoms with Crippen molar-refractivity contribution in [1.29, 1.82) is 0 Å². The van der Waals surface area contributed by atoms with Gasteiger partial charge in [0.05, 0.1) is 0 Å². The molecular formula is C22H20ClIOS. The van der Waals surface area contributed by atoms with Gasteiger partial charge in [-0.15, -0.1) is 0 Å². The Bertz CT molecular complexity index is 839. The zero-order valence-electron chi connectivity index (χ0n) is 14.3. The van der Waals surface area contributed by atoms with Crippen LogP contribution in [-0.2, 0) is 13.0 Å². The molecule has 0 spiro atoms. The predicted molar refractivity (Wildman–Crippen MR) is 120 cm³/mol. The summed E-state index contributed by atoms with van der Waals surface area (Å²) in [5.41, 5.74) is 2.40. The molecule has 134 valence electrons. The highest BCUT2D eigenvalue weighted by molar-refractivity contribution is 14.1. The summed E-state index contributed by atoms with van der Waals surface area (Å²) < 4.78 is 7.07. The van der Waals surface area contributed by atoms with E-state index in [0.717, 1.165) is 37.8 Å². The van der Waals surface area contributed by atoms with E-state index in [1.807, 2.05) is 30.3 Å². The van der Waals surface area contributed by atoms with Crippen LogP contribution in [0.3, 0.4) is 0 Å². The molecule has 0 bridgehead atoms. The van der Waals surface area contributed by atoms with E-state index in [0.29, 0.717) is 6.61 Å². The van der Waals surface area contributed by atoms with Crippen LogP contribution in [0.2, 0.25) is 5.02 Å². The largest absolute Gasteiger partial charge is 0.489 e. The Morgan fingerprint density at radius 3 is 2.46 bits per heavy atom. The Morgan fingerprint density at radius 2 is 1.69 bits per heavy atom. The molecule has 0 aliphatic carbocycles. The Labute approximate surface area is 178 Å². The molecule has 0 amide bonds. The number of hydrogen-bond donors (Lipinski definition) is 0. The van der Waals surface area contributed by atoms with E-state index in [4.69, 9.17) is 16.3 Å². The Kier molecular flexibility index (Phi) is 7.71. The first kappa shape index (κ1) is 19.6. The molecule has 0 unspecified atom stereocenters. The minimum atomic E-state index is 0.576. The first-order chi connectivity index (χ1) is 12.7. The standard InChI is InChI=1S/C22H20ClIOS/c23-22-15-21(12-11-18(22)8-5-13-24)26-20-10-4-9-19(14-20)25-16-17-6-2-1-3-7-17/h1-4,6-7,9-12,14-15H,5,8,13,16H2. The van der Waals surface area contributed by atoms with E-state index in [-0.39, 0.29) is 0 Å². The molecule has 0 radical (unpaired) electrons. The third-order valence-electron chi connectivity index (χ3n) is 3.89. The summed E-state index contributed by atoms with van der Waals surface area (Å²) in [5, 5.41) is 0.858. The zero-order chi connectivity index (χ0) is 18.2. The van der Waals surface area contributed by atoms with Crippen molar-refractivity contribution in [3.05, 3.63) is 88.9 Å². The molecule has 3 rings (SSSR count). The summed E-state index contributed by atoms with van der Waals surface area (Å²) in [5.74, 6) is 0.878. The van der Waals surface area contributed by atoms with Crippen molar-refractivity contribution in [2.45, 2.75) is 29.2 Å². The second-order valence-corrected chi connectivity index (χ2v) is 8.53. The number of alkyl halides is 1. The first-order valence-corrected chi connectivity index (χ1v) is 11.3. The highest BCUT2D eigenvalue weighted by atomic mass is 127. The van der Waals surface area contributed by atoms with Crippen LogP contribution in [0, 0.1) is 0 Å². The Morgan fingerprint density at radius 1 is 0.885 bits per heavy atom. The van der Waals surface area contributed by atoms with E-state index >= 15 is 0 Å². The van der Waals surface area contributed by atoms with Crippen molar-refractivity contribution in [2.24, 2.45) is 0 Å². The molecule has 3 aromatic rings. The maximum Gasteiger partial charge on any atom is 0.120 e. The van der Waals surface area contributed by atoms with Crippen molar-refractivity contribution in [2.75, 3.05) is 4.43 Å². The molecule has 0 N–H and O–H groups in total. The maximum absolute atomic E-state index is 6.44. The monoisotopic (exact) mass is 494 g/mol. The predicted octanol–water partition coefficient (Wildman–Crippen LogP) is 7.44. The third kappa shape index (κ3) is 5.93. The fourth-order valence-corrected chi connectivity index (χ4v) is 4.18. The quantitative estimate of drug-likeness (QED) is 0.238. The second-order valence-electron chi connectivity index (χ2n) is 5.90. The lowest BCUT2D eigenvalue weighted by Crippen LogP contribution is -1.94. The van der Waals surface area contributed by atoms with Gasteiger partial charge in [-0.25, -0.2) is 0 Å². The molecule has 3 aromatic carbocycles. The van der Waals surface area contributed by atoms with Crippen LogP contribution < -0.4 is 4.74 Å². The van der Waals surface area contributed by atoms with Crippen LogP contribution in [0.25, 0.3) is 0 Å². The molecule has 4 heteroatoms. The third-order valence-corrected chi connectivity index (χ3v) is 5.99. The van der Waals surface area contributed by atoms with E-state index in [2.05, 4.69) is 65.1 Å². The normalized spacial score (nSPS) is 10.7. The summed E-state index contributed by atoms with van der Waals surface area (Å²) in [7, 11) is 0. The van der Waals surface area contributed by atoms with Gasteiger partial charge in [-0.05, 0) is 58.7 Å². The summed E-state index contributed by atoms with van der Waals surface area (Å²) in [6.45, 7) is 0.576. The van der Waals surface area contributed by atoms with E-state index in [1.54, 1.807) is 11.8 Å². The van der Waals surface area contributed by atoms with Crippen LogP contribution in [0.15, 0.2) is 82.6 Å². The minimum Gasteiger partial charge on any atom is -0.489 e. The lowest BCUT2D eigenvalue weighted by atomic mass is 10.1. The second kappa shape index (κ2) is 10.2. The van der Waals surface area contributed by atoms with Crippen LogP contribution in [0.1, 0.15) is 17.5 Å². The zero-order valence-corrected chi connectivity index (χ0v) is 18.1. The lowest BCUT2D eigenvalue weighted by Gasteiger charge is -2.09. The van der Waals surface area contributed by atoms with Crippen molar-refractivity contribution in [3.63, 3.8) is 0 Å². The van der Waals surface area contributed by atoms with Crippen molar-refractivity contribution in [3.8, 4) is 5.75 Å². The molecule has 0 fully saturated rings. The van der Waals surface area contributed by atoms with Crippen LogP contribution in [-0.4, -0.2) is 4.43 Å². The lowest BCUT2D eigenvalue weighted by molar-refractivity contribution is 0.305. The average molecular weight is 495 g/mol. The minimum absolute atomic E-state index is 0.576. The van der Waals surface area contributed by atoms with E-state index in [9.17, 15) is 0 Å².